The van der Waals surface area contributed by atoms with Crippen molar-refractivity contribution in [2.24, 2.45) is 0 Å². The molecule has 10 nitrogen and oxygen atoms in total. The largest absolute Gasteiger partial charge is 0.465 e. The van der Waals surface area contributed by atoms with Gasteiger partial charge in [-0.3, -0.25) is 15.4 Å². The van der Waals surface area contributed by atoms with Gasteiger partial charge in [-0.25, -0.2) is 24.7 Å². The molecule has 3 aromatic heterocycles. The zero-order valence-corrected chi connectivity index (χ0v) is 24.1. The first-order chi connectivity index (χ1) is 20.5. The Balaban J connectivity index is 1.48. The number of carbonyl (C=O) groups excluding carboxylic acids is 1. The average molecular weight is 626 g/mol. The number of nitrogens with one attached hydrogen (secondary N) is 3. The lowest BCUT2D eigenvalue weighted by Crippen LogP contribution is -2.13. The summed E-state index contributed by atoms with van der Waals surface area (Å²) in [6.45, 7) is 4.04. The summed E-state index contributed by atoms with van der Waals surface area (Å²) in [5.74, 6) is -0.0263. The number of fused-ring (bicyclic) bond motifs is 1. The first kappa shape index (κ1) is 29.7. The molecule has 5 rings (SSSR count). The maximum absolute atomic E-state index is 13.0. The molecule has 0 aliphatic rings. The third kappa shape index (κ3) is 7.18. The van der Waals surface area contributed by atoms with E-state index >= 15 is 0 Å². The van der Waals surface area contributed by atoms with Crippen molar-refractivity contribution >= 4 is 68.5 Å². The summed E-state index contributed by atoms with van der Waals surface area (Å²) in [6.07, 6.45) is -4.43. The van der Waals surface area contributed by atoms with Gasteiger partial charge in [0, 0.05) is 32.1 Å². The average Bonchev–Trinajstić information content (AvgIpc) is 3.44. The molecular formula is C28H22F3N7O3S2. The summed E-state index contributed by atoms with van der Waals surface area (Å²) >= 11 is 2.01. The second kappa shape index (κ2) is 12.2. The number of thiazole rings is 1. The lowest BCUT2D eigenvalue weighted by molar-refractivity contribution is -0.140. The van der Waals surface area contributed by atoms with Crippen molar-refractivity contribution in [1.82, 2.24) is 19.9 Å². The number of amides is 2. The van der Waals surface area contributed by atoms with E-state index in [2.05, 4.69) is 35.9 Å². The fourth-order valence-corrected chi connectivity index (χ4v) is 5.45. The molecule has 3 heterocycles. The van der Waals surface area contributed by atoms with Gasteiger partial charge in [0.2, 0.25) is 0 Å². The molecule has 0 saturated heterocycles. The molecule has 15 heteroatoms. The molecule has 220 valence electrons. The monoisotopic (exact) mass is 625 g/mol. The van der Waals surface area contributed by atoms with Gasteiger partial charge in [0.1, 0.15) is 12.1 Å². The van der Waals surface area contributed by atoms with Gasteiger partial charge < -0.3 is 10.4 Å². The van der Waals surface area contributed by atoms with Crippen LogP contribution in [0.25, 0.3) is 11.0 Å². The van der Waals surface area contributed by atoms with E-state index in [1.165, 1.54) is 24.2 Å². The van der Waals surface area contributed by atoms with Crippen LogP contribution in [0.5, 0.6) is 0 Å². The van der Waals surface area contributed by atoms with Crippen molar-refractivity contribution in [2.75, 3.05) is 16.0 Å². The maximum atomic E-state index is 13.0. The first-order valence-corrected chi connectivity index (χ1v) is 14.3. The summed E-state index contributed by atoms with van der Waals surface area (Å²) in [4.78, 5) is 42.2. The predicted molar refractivity (Wildman–Crippen MR) is 158 cm³/mol. The lowest BCUT2D eigenvalue weighted by Gasteiger charge is -2.15. The molecule has 2 amide bonds. The Kier molecular flexibility index (Phi) is 8.45. The maximum Gasteiger partial charge on any atom is 0.434 e. The van der Waals surface area contributed by atoms with Crippen LogP contribution in [-0.2, 0) is 6.18 Å². The van der Waals surface area contributed by atoms with Crippen molar-refractivity contribution in [2.45, 2.75) is 35.7 Å². The van der Waals surface area contributed by atoms with Gasteiger partial charge in [-0.05, 0) is 60.5 Å². The molecule has 4 N–H and O–H groups in total. The number of nitrogens with zero attached hydrogens (tertiary/aromatic N) is 4. The number of aromatic nitrogens is 4. The zero-order valence-electron chi connectivity index (χ0n) is 22.4. The van der Waals surface area contributed by atoms with E-state index in [-0.39, 0.29) is 16.6 Å². The Hall–Kier alpha value is -4.76. The molecule has 5 aromatic rings. The van der Waals surface area contributed by atoms with Crippen molar-refractivity contribution in [1.29, 1.82) is 0 Å². The number of halogens is 3. The molecule has 0 radical (unpaired) electrons. The normalized spacial score (nSPS) is 11.5. The fourth-order valence-electron chi connectivity index (χ4n) is 3.85. The van der Waals surface area contributed by atoms with Gasteiger partial charge in [0.15, 0.2) is 16.5 Å². The van der Waals surface area contributed by atoms with Crippen molar-refractivity contribution in [3.8, 4) is 0 Å². The molecule has 0 atom stereocenters. The predicted octanol–water partition coefficient (Wildman–Crippen LogP) is 7.86. The Morgan fingerprint density at radius 3 is 2.42 bits per heavy atom. The van der Waals surface area contributed by atoms with Crippen LogP contribution < -0.4 is 16.0 Å². The second-order valence-electron chi connectivity index (χ2n) is 9.37. The second-order valence-corrected chi connectivity index (χ2v) is 11.3. The van der Waals surface area contributed by atoms with Gasteiger partial charge in [-0.2, -0.15) is 13.2 Å². The minimum absolute atomic E-state index is 0.162. The van der Waals surface area contributed by atoms with Gasteiger partial charge >= 0.3 is 12.3 Å². The number of benzene rings is 2. The van der Waals surface area contributed by atoms with Gasteiger partial charge in [-0.15, -0.1) is 11.3 Å². The number of carbonyl (C=O) groups is 2. The summed E-state index contributed by atoms with van der Waals surface area (Å²) in [7, 11) is 0. The fraction of sp³-hybridized carbons (Fsp3) is 0.143. The number of pyridine rings is 1. The minimum atomic E-state index is -4.62. The van der Waals surface area contributed by atoms with Crippen LogP contribution in [0.4, 0.5) is 40.3 Å². The number of hydrogen-bond acceptors (Lipinski definition) is 9. The number of alkyl halides is 3. The molecule has 0 aliphatic carbocycles. The third-order valence-electron chi connectivity index (χ3n) is 5.95. The lowest BCUT2D eigenvalue weighted by atomic mass is 10.1. The zero-order chi connectivity index (χ0) is 30.7. The molecule has 2 aromatic carbocycles. The number of hydrogen-bond donors (Lipinski definition) is 4. The summed E-state index contributed by atoms with van der Waals surface area (Å²) < 4.78 is 38.9. The minimum Gasteiger partial charge on any atom is -0.465 e. The summed E-state index contributed by atoms with van der Waals surface area (Å²) in [5, 5.41) is 18.2. The standard InChI is InChI=1S/C28H22F3N7O3S2/c1-14(2)19-9-8-18-23(35-19)32-13-33-24(18)36-20-11-15(25(39)38-26-37-22(12-42-26)28(29,30)31)3-10-21(20)43-17-6-4-16(5-7-17)34-27(40)41/h3-14,34H,1-2H3,(H,40,41)(H,37,38,39)(H,32,33,35,36). The van der Waals surface area contributed by atoms with Crippen LogP contribution in [0.2, 0.25) is 0 Å². The van der Waals surface area contributed by atoms with Crippen molar-refractivity contribution < 1.29 is 27.9 Å². The third-order valence-corrected chi connectivity index (χ3v) is 7.79. The van der Waals surface area contributed by atoms with Crippen LogP contribution in [-0.4, -0.2) is 37.0 Å². The van der Waals surface area contributed by atoms with E-state index in [0.717, 1.165) is 16.0 Å². The molecule has 0 fully saturated rings. The molecule has 0 spiro atoms. The van der Waals surface area contributed by atoms with Gasteiger partial charge in [-0.1, -0.05) is 25.6 Å². The Bertz CT molecular complexity index is 1810. The van der Waals surface area contributed by atoms with Gasteiger partial charge in [0.25, 0.3) is 5.91 Å². The number of rotatable bonds is 8. The highest BCUT2D eigenvalue weighted by molar-refractivity contribution is 7.99. The van der Waals surface area contributed by atoms with Crippen LogP contribution in [0.15, 0.2) is 76.1 Å². The number of anilines is 4. The quantitative estimate of drug-likeness (QED) is 0.136. The van der Waals surface area contributed by atoms with Gasteiger partial charge in [0.05, 0.1) is 11.1 Å². The number of carboxylic acid groups (broad SMARTS) is 1. The Morgan fingerprint density at radius 2 is 1.74 bits per heavy atom. The van der Waals surface area contributed by atoms with E-state index < -0.39 is 23.9 Å². The Labute approximate surface area is 250 Å². The van der Waals surface area contributed by atoms with E-state index in [1.54, 1.807) is 36.4 Å². The molecular weight excluding hydrogens is 603 g/mol. The molecule has 0 saturated carbocycles. The van der Waals surface area contributed by atoms with Crippen LogP contribution in [0.3, 0.4) is 0 Å². The summed E-state index contributed by atoms with van der Waals surface area (Å²) in [5.41, 5.74) is 1.31. The molecule has 0 unspecified atom stereocenters. The topological polar surface area (TPSA) is 142 Å². The van der Waals surface area contributed by atoms with Crippen molar-refractivity contribution in [3.63, 3.8) is 0 Å². The smallest absolute Gasteiger partial charge is 0.434 e. The SMILES string of the molecule is CC(C)c1ccc2c(Nc3cc(C(=O)Nc4nc(C(F)(F)F)cs4)ccc3Sc3ccc(NC(=O)O)cc3)ncnc2n1. The molecule has 0 bridgehead atoms. The first-order valence-electron chi connectivity index (χ1n) is 12.6. The Morgan fingerprint density at radius 1 is 0.977 bits per heavy atom. The highest BCUT2D eigenvalue weighted by Crippen LogP contribution is 2.37. The highest BCUT2D eigenvalue weighted by atomic mass is 32.2. The van der Waals surface area contributed by atoms with Crippen LogP contribution in [0.1, 0.15) is 41.5 Å². The van der Waals surface area contributed by atoms with E-state index in [1.807, 2.05) is 26.0 Å². The summed E-state index contributed by atoms with van der Waals surface area (Å²) in [6, 6.07) is 15.2. The highest BCUT2D eigenvalue weighted by Gasteiger charge is 2.34. The molecule has 0 aliphatic heterocycles. The van der Waals surface area contributed by atoms with E-state index in [9.17, 15) is 22.8 Å². The van der Waals surface area contributed by atoms with Crippen LogP contribution in [0, 0.1) is 0 Å². The van der Waals surface area contributed by atoms with E-state index in [0.29, 0.717) is 44.5 Å². The van der Waals surface area contributed by atoms with Crippen LogP contribution >= 0.6 is 23.1 Å². The van der Waals surface area contributed by atoms with E-state index in [4.69, 9.17) is 5.11 Å². The van der Waals surface area contributed by atoms with Crippen molar-refractivity contribution in [3.05, 3.63) is 83.3 Å². The molecule has 43 heavy (non-hydrogen) atoms.